The number of rotatable bonds is 1. The van der Waals surface area contributed by atoms with Crippen molar-refractivity contribution < 1.29 is 0 Å². The average Bonchev–Trinajstić information content (AvgIpc) is 2.38. The third-order valence-electron chi connectivity index (χ3n) is 1.24. The predicted octanol–water partition coefficient (Wildman–Crippen LogP) is 2.92. The van der Waals surface area contributed by atoms with E-state index in [0.29, 0.717) is 5.41 Å². The van der Waals surface area contributed by atoms with Gasteiger partial charge in [-0.25, -0.2) is 0 Å². The standard InChI is InChI=1S/C9H14/c1-9(2,3)7-6-8-4-5-8/h4,6-7H,5H2,1-3H3. The fourth-order valence-electron chi connectivity index (χ4n) is 0.552. The molecule has 0 saturated carbocycles. The van der Waals surface area contributed by atoms with E-state index < -0.39 is 0 Å². The van der Waals surface area contributed by atoms with Crippen molar-refractivity contribution in [3.05, 3.63) is 23.8 Å². The van der Waals surface area contributed by atoms with Gasteiger partial charge in [-0.2, -0.15) is 0 Å². The van der Waals surface area contributed by atoms with Crippen molar-refractivity contribution in [3.63, 3.8) is 0 Å². The predicted molar refractivity (Wildman–Crippen MR) is 41.3 cm³/mol. The van der Waals surface area contributed by atoms with Gasteiger partial charge in [-0.15, -0.1) is 0 Å². The zero-order chi connectivity index (χ0) is 6.91. The lowest BCUT2D eigenvalue weighted by Gasteiger charge is -2.09. The summed E-state index contributed by atoms with van der Waals surface area (Å²) < 4.78 is 0. The topological polar surface area (TPSA) is 0 Å². The van der Waals surface area contributed by atoms with Gasteiger partial charge in [0.2, 0.25) is 0 Å². The highest BCUT2D eigenvalue weighted by atomic mass is 14.1. The second-order valence-electron chi connectivity index (χ2n) is 3.68. The molecule has 0 N–H and O–H groups in total. The van der Waals surface area contributed by atoms with Crippen LogP contribution in [0.25, 0.3) is 0 Å². The summed E-state index contributed by atoms with van der Waals surface area (Å²) in [4.78, 5) is 0. The molecular weight excluding hydrogens is 108 g/mol. The van der Waals surface area contributed by atoms with E-state index in [-0.39, 0.29) is 0 Å². The van der Waals surface area contributed by atoms with E-state index in [4.69, 9.17) is 0 Å². The fraction of sp³-hybridized carbons (Fsp3) is 0.556. The first-order valence-electron chi connectivity index (χ1n) is 3.46. The van der Waals surface area contributed by atoms with Gasteiger partial charge >= 0.3 is 0 Å². The summed E-state index contributed by atoms with van der Waals surface area (Å²) in [5.41, 5.74) is 1.84. The molecule has 0 spiro atoms. The SMILES string of the molecule is CC(C)(C)C=CC1=CC1. The van der Waals surface area contributed by atoms with Gasteiger partial charge in [-0.3, -0.25) is 0 Å². The van der Waals surface area contributed by atoms with E-state index >= 15 is 0 Å². The highest BCUT2D eigenvalue weighted by Gasteiger charge is 2.06. The van der Waals surface area contributed by atoms with Crippen molar-refractivity contribution in [3.8, 4) is 0 Å². The maximum absolute atomic E-state index is 2.26. The molecule has 0 aromatic carbocycles. The smallest absolute Gasteiger partial charge is 0.00947 e. The molecule has 0 heterocycles. The van der Waals surface area contributed by atoms with Gasteiger partial charge in [0.05, 0.1) is 0 Å². The van der Waals surface area contributed by atoms with Crippen LogP contribution in [-0.4, -0.2) is 0 Å². The average molecular weight is 122 g/mol. The van der Waals surface area contributed by atoms with Crippen molar-refractivity contribution >= 4 is 0 Å². The van der Waals surface area contributed by atoms with E-state index in [9.17, 15) is 0 Å². The van der Waals surface area contributed by atoms with Gasteiger partial charge in [-0.1, -0.05) is 39.0 Å². The van der Waals surface area contributed by atoms with Crippen molar-refractivity contribution in [1.29, 1.82) is 0 Å². The summed E-state index contributed by atoms with van der Waals surface area (Å²) in [6.45, 7) is 6.64. The Morgan fingerprint density at radius 1 is 1.44 bits per heavy atom. The third kappa shape index (κ3) is 3.12. The number of hydrogen-bond donors (Lipinski definition) is 0. The lowest BCUT2D eigenvalue weighted by molar-refractivity contribution is 0.544. The Bertz CT molecular complexity index is 153. The molecule has 0 aliphatic heterocycles. The second-order valence-corrected chi connectivity index (χ2v) is 3.68. The lowest BCUT2D eigenvalue weighted by atomic mass is 9.96. The van der Waals surface area contributed by atoms with Gasteiger partial charge in [-0.05, 0) is 17.4 Å². The maximum atomic E-state index is 2.26. The molecule has 0 atom stereocenters. The minimum Gasteiger partial charge on any atom is -0.0789 e. The van der Waals surface area contributed by atoms with Gasteiger partial charge in [0.15, 0.2) is 0 Å². The molecule has 9 heavy (non-hydrogen) atoms. The molecule has 50 valence electrons. The molecule has 0 aromatic heterocycles. The molecule has 0 unspecified atom stereocenters. The molecule has 0 saturated heterocycles. The molecule has 0 aromatic rings. The van der Waals surface area contributed by atoms with Crippen LogP contribution in [-0.2, 0) is 0 Å². The van der Waals surface area contributed by atoms with Crippen LogP contribution < -0.4 is 0 Å². The van der Waals surface area contributed by atoms with E-state index in [2.05, 4.69) is 39.0 Å². The summed E-state index contributed by atoms with van der Waals surface area (Å²) in [5, 5.41) is 0. The molecule has 0 fully saturated rings. The largest absolute Gasteiger partial charge is 0.0789 e. The molecule has 1 aliphatic carbocycles. The molecule has 0 heteroatoms. The summed E-state index contributed by atoms with van der Waals surface area (Å²) in [7, 11) is 0. The van der Waals surface area contributed by atoms with Crippen LogP contribution in [0.2, 0.25) is 0 Å². The van der Waals surface area contributed by atoms with Crippen LogP contribution in [0.5, 0.6) is 0 Å². The van der Waals surface area contributed by atoms with Gasteiger partial charge in [0, 0.05) is 0 Å². The van der Waals surface area contributed by atoms with Gasteiger partial charge in [0.25, 0.3) is 0 Å². The second kappa shape index (κ2) is 2.02. The Morgan fingerprint density at radius 3 is 2.33 bits per heavy atom. The molecule has 0 nitrogen and oxygen atoms in total. The van der Waals surface area contributed by atoms with Crippen LogP contribution in [0.4, 0.5) is 0 Å². The van der Waals surface area contributed by atoms with Crippen LogP contribution in [0.15, 0.2) is 23.8 Å². The molecular formula is C9H14. The maximum Gasteiger partial charge on any atom is -0.00947 e. The number of allylic oxidation sites excluding steroid dienone is 4. The summed E-state index contributed by atoms with van der Waals surface area (Å²) in [6.07, 6.45) is 7.93. The zero-order valence-electron chi connectivity index (χ0n) is 6.44. The van der Waals surface area contributed by atoms with E-state index in [0.717, 1.165) is 0 Å². The van der Waals surface area contributed by atoms with Crippen molar-refractivity contribution in [2.75, 3.05) is 0 Å². The zero-order valence-corrected chi connectivity index (χ0v) is 6.44. The molecule has 0 bridgehead atoms. The Hall–Kier alpha value is -0.520. The fourth-order valence-corrected chi connectivity index (χ4v) is 0.552. The van der Waals surface area contributed by atoms with E-state index in [1.165, 1.54) is 12.0 Å². The Balaban J connectivity index is 2.38. The summed E-state index contributed by atoms with van der Waals surface area (Å²) in [5.74, 6) is 0. The minimum absolute atomic E-state index is 0.351. The first kappa shape index (κ1) is 6.60. The third-order valence-corrected chi connectivity index (χ3v) is 1.24. The Kier molecular flexibility index (Phi) is 1.48. The molecule has 1 rings (SSSR count). The molecule has 0 amide bonds. The van der Waals surface area contributed by atoms with Crippen LogP contribution in [0, 0.1) is 5.41 Å². The Labute approximate surface area is 57.3 Å². The Morgan fingerprint density at radius 2 is 2.00 bits per heavy atom. The quantitative estimate of drug-likeness (QED) is 0.501. The van der Waals surface area contributed by atoms with Gasteiger partial charge in [0.1, 0.15) is 0 Å². The van der Waals surface area contributed by atoms with Crippen molar-refractivity contribution in [2.24, 2.45) is 5.41 Å². The normalized spacial score (nSPS) is 18.3. The lowest BCUT2D eigenvalue weighted by Crippen LogP contribution is -1.97. The highest BCUT2D eigenvalue weighted by molar-refractivity contribution is 5.34. The van der Waals surface area contributed by atoms with Crippen molar-refractivity contribution in [1.82, 2.24) is 0 Å². The number of hydrogen-bond acceptors (Lipinski definition) is 0. The summed E-state index contributed by atoms with van der Waals surface area (Å²) in [6, 6.07) is 0. The summed E-state index contributed by atoms with van der Waals surface area (Å²) >= 11 is 0. The minimum atomic E-state index is 0.351. The van der Waals surface area contributed by atoms with E-state index in [1.54, 1.807) is 0 Å². The monoisotopic (exact) mass is 122 g/mol. The highest BCUT2D eigenvalue weighted by Crippen LogP contribution is 2.23. The van der Waals surface area contributed by atoms with Crippen LogP contribution in [0.1, 0.15) is 27.2 Å². The van der Waals surface area contributed by atoms with Crippen molar-refractivity contribution in [2.45, 2.75) is 27.2 Å². The first-order valence-corrected chi connectivity index (χ1v) is 3.46. The van der Waals surface area contributed by atoms with Gasteiger partial charge < -0.3 is 0 Å². The molecule has 1 aliphatic rings. The first-order chi connectivity index (χ1) is 4.08. The molecule has 0 radical (unpaired) electrons. The van der Waals surface area contributed by atoms with Crippen LogP contribution >= 0.6 is 0 Å². The van der Waals surface area contributed by atoms with Crippen LogP contribution in [0.3, 0.4) is 0 Å². The van der Waals surface area contributed by atoms with E-state index in [1.807, 2.05) is 0 Å².